The van der Waals surface area contributed by atoms with Gasteiger partial charge in [0.25, 0.3) is 5.91 Å². The number of carbonyl (C=O) groups is 1. The lowest BCUT2D eigenvalue weighted by atomic mass is 10.1. The van der Waals surface area contributed by atoms with Crippen molar-refractivity contribution in [1.82, 2.24) is 5.32 Å². The highest BCUT2D eigenvalue weighted by Gasteiger charge is 2.29. The second kappa shape index (κ2) is 7.32. The van der Waals surface area contributed by atoms with Gasteiger partial charge in [-0.1, -0.05) is 0 Å². The summed E-state index contributed by atoms with van der Waals surface area (Å²) in [6.07, 6.45) is 0.203. The molecule has 118 valence electrons. The molecule has 4 nitrogen and oxygen atoms in total. The summed E-state index contributed by atoms with van der Waals surface area (Å²) in [5, 5.41) is 2.03. The molecular weight excluding hydrogens is 299 g/mol. The van der Waals surface area contributed by atoms with Crippen LogP contribution in [-0.2, 0) is 4.74 Å². The highest BCUT2D eigenvalue weighted by atomic mass is 19.2. The molecule has 1 aromatic rings. The molecule has 9 heteroatoms. The maximum atomic E-state index is 13.3. The number of carbonyl (C=O) groups excluding carboxylic acids is 1. The number of amides is 1. The first-order valence-corrected chi connectivity index (χ1v) is 5.85. The molecule has 0 aromatic heterocycles. The molecule has 21 heavy (non-hydrogen) atoms. The summed E-state index contributed by atoms with van der Waals surface area (Å²) in [5.74, 6) is -12.4. The Morgan fingerprint density at radius 2 is 1.57 bits per heavy atom. The lowest BCUT2D eigenvalue weighted by Crippen LogP contribution is -2.34. The van der Waals surface area contributed by atoms with E-state index in [2.05, 4.69) is 0 Å². The number of nitrogens with one attached hydrogen (secondary N) is 1. The molecule has 1 atom stereocenters. The number of hydrogen-bond acceptors (Lipinski definition) is 3. The van der Waals surface area contributed by atoms with Gasteiger partial charge in [0.15, 0.2) is 23.3 Å². The minimum atomic E-state index is -2.32. The maximum absolute atomic E-state index is 13.3. The molecule has 0 spiro atoms. The van der Waals surface area contributed by atoms with Gasteiger partial charge in [0.05, 0.1) is 6.61 Å². The van der Waals surface area contributed by atoms with Crippen LogP contribution in [0, 0.1) is 29.1 Å². The lowest BCUT2D eigenvalue weighted by molar-refractivity contribution is 0.0938. The number of nitrogens with two attached hydrogens (primary N) is 1. The Bertz CT molecular complexity index is 510. The van der Waals surface area contributed by atoms with Crippen LogP contribution >= 0.6 is 0 Å². The normalized spacial score (nSPS) is 12.3. The third-order valence-corrected chi connectivity index (χ3v) is 2.62. The third-order valence-electron chi connectivity index (χ3n) is 2.62. The molecule has 0 radical (unpaired) electrons. The third kappa shape index (κ3) is 3.88. The van der Waals surface area contributed by atoms with Crippen molar-refractivity contribution in [3.63, 3.8) is 0 Å². The first-order chi connectivity index (χ1) is 9.81. The van der Waals surface area contributed by atoms with Crippen molar-refractivity contribution in [3.8, 4) is 0 Å². The Morgan fingerprint density at radius 1 is 1.10 bits per heavy atom. The molecule has 1 unspecified atom stereocenters. The molecule has 1 rings (SSSR count). The van der Waals surface area contributed by atoms with E-state index >= 15 is 0 Å². The van der Waals surface area contributed by atoms with E-state index in [4.69, 9.17) is 10.5 Å². The van der Waals surface area contributed by atoms with Gasteiger partial charge in [-0.15, -0.1) is 0 Å². The summed E-state index contributed by atoms with van der Waals surface area (Å²) in [5.41, 5.74) is 4.02. The van der Waals surface area contributed by atoms with Crippen LogP contribution in [0.5, 0.6) is 0 Å². The fourth-order valence-electron chi connectivity index (χ4n) is 1.56. The molecule has 0 saturated heterocycles. The Labute approximate surface area is 117 Å². The SMILES string of the molecule is COCC(N)CCNC(=O)c1c(F)c(F)c(F)c(F)c1F. The van der Waals surface area contributed by atoms with E-state index in [9.17, 15) is 26.7 Å². The lowest BCUT2D eigenvalue weighted by Gasteiger charge is -2.12. The van der Waals surface area contributed by atoms with E-state index in [-0.39, 0.29) is 19.6 Å². The zero-order valence-electron chi connectivity index (χ0n) is 11.0. The van der Waals surface area contributed by atoms with Gasteiger partial charge in [0.2, 0.25) is 5.82 Å². The van der Waals surface area contributed by atoms with E-state index in [1.54, 1.807) is 0 Å². The molecule has 0 saturated carbocycles. The van der Waals surface area contributed by atoms with Gasteiger partial charge in [-0.3, -0.25) is 4.79 Å². The molecule has 1 amide bonds. The van der Waals surface area contributed by atoms with Crippen LogP contribution < -0.4 is 11.1 Å². The van der Waals surface area contributed by atoms with Crippen LogP contribution in [0.1, 0.15) is 16.8 Å². The molecule has 0 bridgehead atoms. The standard InChI is InChI=1S/C12H13F5N2O2/c1-21-4-5(18)2-3-19-12(20)6-7(13)9(15)11(17)10(16)8(6)14/h5H,2-4,18H2,1H3,(H,19,20). The maximum Gasteiger partial charge on any atom is 0.257 e. The van der Waals surface area contributed by atoms with Gasteiger partial charge in [-0.05, 0) is 6.42 Å². The summed E-state index contributed by atoms with van der Waals surface area (Å²) in [6, 6.07) is -0.438. The zero-order chi connectivity index (χ0) is 16.2. The van der Waals surface area contributed by atoms with Gasteiger partial charge in [-0.25, -0.2) is 22.0 Å². The monoisotopic (exact) mass is 312 g/mol. The second-order valence-electron chi connectivity index (χ2n) is 4.20. The summed E-state index contributed by atoms with van der Waals surface area (Å²) in [7, 11) is 1.41. The smallest absolute Gasteiger partial charge is 0.257 e. The largest absolute Gasteiger partial charge is 0.383 e. The van der Waals surface area contributed by atoms with Gasteiger partial charge in [-0.2, -0.15) is 0 Å². The van der Waals surface area contributed by atoms with Crippen LogP contribution in [0.15, 0.2) is 0 Å². The van der Waals surface area contributed by atoms with Crippen molar-refractivity contribution in [2.45, 2.75) is 12.5 Å². The molecule has 1 aromatic carbocycles. The first kappa shape index (κ1) is 17.3. The van der Waals surface area contributed by atoms with Crippen LogP contribution in [0.2, 0.25) is 0 Å². The molecule has 0 aliphatic rings. The van der Waals surface area contributed by atoms with Crippen molar-refractivity contribution < 1.29 is 31.5 Å². The number of hydrogen-bond donors (Lipinski definition) is 2. The highest BCUT2D eigenvalue weighted by Crippen LogP contribution is 2.22. The average Bonchev–Trinajstić information content (AvgIpc) is 2.43. The van der Waals surface area contributed by atoms with Crippen molar-refractivity contribution in [1.29, 1.82) is 0 Å². The summed E-state index contributed by atoms with van der Waals surface area (Å²) >= 11 is 0. The van der Waals surface area contributed by atoms with Crippen molar-refractivity contribution in [2.24, 2.45) is 5.73 Å². The van der Waals surface area contributed by atoms with Gasteiger partial charge in [0.1, 0.15) is 5.56 Å². The topological polar surface area (TPSA) is 64.3 Å². The molecule has 3 N–H and O–H groups in total. The number of rotatable bonds is 6. The first-order valence-electron chi connectivity index (χ1n) is 5.85. The van der Waals surface area contributed by atoms with E-state index < -0.39 is 46.6 Å². The molecule has 0 heterocycles. The predicted molar refractivity (Wildman–Crippen MR) is 63.0 cm³/mol. The quantitative estimate of drug-likeness (QED) is 0.475. The molecule has 0 aliphatic carbocycles. The minimum absolute atomic E-state index is 0.108. The van der Waals surface area contributed by atoms with Crippen LogP contribution in [0.3, 0.4) is 0 Å². The van der Waals surface area contributed by atoms with E-state index in [0.717, 1.165) is 0 Å². The average molecular weight is 312 g/mol. The fourth-order valence-corrected chi connectivity index (χ4v) is 1.56. The Hall–Kier alpha value is -1.74. The molecule has 0 fully saturated rings. The van der Waals surface area contributed by atoms with Crippen molar-refractivity contribution in [3.05, 3.63) is 34.6 Å². The van der Waals surface area contributed by atoms with Gasteiger partial charge >= 0.3 is 0 Å². The zero-order valence-corrected chi connectivity index (χ0v) is 11.0. The number of benzene rings is 1. The van der Waals surface area contributed by atoms with E-state index in [1.807, 2.05) is 5.32 Å². The summed E-state index contributed by atoms with van der Waals surface area (Å²) < 4.78 is 70.1. The fraction of sp³-hybridized carbons (Fsp3) is 0.417. The van der Waals surface area contributed by atoms with Crippen LogP contribution in [-0.4, -0.2) is 32.2 Å². The number of ether oxygens (including phenoxy) is 1. The Kier molecular flexibility index (Phi) is 6.03. The minimum Gasteiger partial charge on any atom is -0.383 e. The molecular formula is C12H13F5N2O2. The number of methoxy groups -OCH3 is 1. The number of halogens is 5. The van der Waals surface area contributed by atoms with Crippen LogP contribution in [0.4, 0.5) is 22.0 Å². The summed E-state index contributed by atoms with van der Waals surface area (Å²) in [4.78, 5) is 11.5. The predicted octanol–water partition coefficient (Wildman–Crippen LogP) is 1.48. The van der Waals surface area contributed by atoms with Crippen molar-refractivity contribution >= 4 is 5.91 Å². The Morgan fingerprint density at radius 3 is 2.05 bits per heavy atom. The van der Waals surface area contributed by atoms with E-state index in [1.165, 1.54) is 7.11 Å². The van der Waals surface area contributed by atoms with Crippen LogP contribution in [0.25, 0.3) is 0 Å². The second-order valence-corrected chi connectivity index (χ2v) is 4.20. The van der Waals surface area contributed by atoms with Gasteiger partial charge < -0.3 is 15.8 Å². The highest BCUT2D eigenvalue weighted by molar-refractivity contribution is 5.94. The summed E-state index contributed by atoms with van der Waals surface area (Å²) in [6.45, 7) is 0.0846. The van der Waals surface area contributed by atoms with E-state index in [0.29, 0.717) is 0 Å². The molecule has 0 aliphatic heterocycles. The van der Waals surface area contributed by atoms with Gasteiger partial charge in [0, 0.05) is 19.7 Å². The Balaban J connectivity index is 2.84. The van der Waals surface area contributed by atoms with Crippen molar-refractivity contribution in [2.75, 3.05) is 20.3 Å².